The quantitative estimate of drug-likeness (QED) is 0.0261. The van der Waals surface area contributed by atoms with Crippen LogP contribution in [0.15, 0.2) is 48.6 Å². The molecule has 1 unspecified atom stereocenters. The number of carbonyl (C=O) groups excluding carboxylic acids is 3. The van der Waals surface area contributed by atoms with Gasteiger partial charge in [-0.2, -0.15) is 0 Å². The van der Waals surface area contributed by atoms with E-state index in [1.54, 1.807) is 0 Å². The van der Waals surface area contributed by atoms with E-state index in [9.17, 15) is 14.4 Å². The van der Waals surface area contributed by atoms with E-state index in [1.807, 2.05) is 0 Å². The predicted octanol–water partition coefficient (Wildman–Crippen LogP) is 23.3. The van der Waals surface area contributed by atoms with Crippen LogP contribution in [0, 0.1) is 0 Å². The van der Waals surface area contributed by atoms with E-state index in [2.05, 4.69) is 69.4 Å². The average Bonchev–Trinajstić information content (AvgIpc) is 3.43. The Balaban J connectivity index is 4.30. The van der Waals surface area contributed by atoms with Crippen molar-refractivity contribution in [1.29, 1.82) is 0 Å². The molecule has 0 aromatic heterocycles. The van der Waals surface area contributed by atoms with Crippen LogP contribution in [0.25, 0.3) is 0 Å². The lowest BCUT2D eigenvalue weighted by atomic mass is 10.0. The van der Waals surface area contributed by atoms with Crippen molar-refractivity contribution in [3.63, 3.8) is 0 Å². The van der Waals surface area contributed by atoms with Crippen molar-refractivity contribution in [1.82, 2.24) is 0 Å². The average molecular weight is 1080 g/mol. The molecule has 0 bridgehead atoms. The highest BCUT2D eigenvalue weighted by molar-refractivity contribution is 5.71. The second-order valence-electron chi connectivity index (χ2n) is 23.1. The van der Waals surface area contributed by atoms with Crippen LogP contribution in [-0.2, 0) is 28.6 Å². The van der Waals surface area contributed by atoms with E-state index in [0.29, 0.717) is 19.3 Å². The minimum atomic E-state index is -0.777. The van der Waals surface area contributed by atoms with Gasteiger partial charge >= 0.3 is 17.9 Å². The molecule has 0 rings (SSSR count). The SMILES string of the molecule is CCCCCC/C=C\C/C=C\CCCCCCCCCC(=O)OC(COC(=O)CCCCCCCCCCCCCCC/C=C\C/C=C\CCCCCCC)COC(=O)CCCCCCCCCCCCCCCCCC. The Labute approximate surface area is 479 Å². The molecule has 0 radical (unpaired) electrons. The van der Waals surface area contributed by atoms with Crippen molar-refractivity contribution in [2.45, 2.75) is 374 Å². The Morgan fingerprint density at radius 2 is 0.468 bits per heavy atom. The van der Waals surface area contributed by atoms with Crippen molar-refractivity contribution in [2.24, 2.45) is 0 Å². The summed E-state index contributed by atoms with van der Waals surface area (Å²) in [5, 5.41) is 0. The molecule has 0 fully saturated rings. The number of allylic oxidation sites excluding steroid dienone is 8. The highest BCUT2D eigenvalue weighted by Gasteiger charge is 2.19. The Hall–Kier alpha value is -2.63. The third-order valence-electron chi connectivity index (χ3n) is 15.3. The molecular weight excluding hydrogens is 949 g/mol. The van der Waals surface area contributed by atoms with E-state index in [0.717, 1.165) is 77.0 Å². The number of ether oxygens (including phenoxy) is 3. The monoisotopic (exact) mass is 1080 g/mol. The largest absolute Gasteiger partial charge is 0.462 e. The fourth-order valence-corrected chi connectivity index (χ4v) is 10.2. The predicted molar refractivity (Wildman–Crippen MR) is 335 cm³/mol. The number of esters is 3. The van der Waals surface area contributed by atoms with Gasteiger partial charge in [0.1, 0.15) is 13.2 Å². The number of rotatable bonds is 63. The van der Waals surface area contributed by atoms with Gasteiger partial charge in [0.05, 0.1) is 0 Å². The molecule has 0 spiro atoms. The van der Waals surface area contributed by atoms with Gasteiger partial charge < -0.3 is 14.2 Å². The van der Waals surface area contributed by atoms with Gasteiger partial charge in [0.2, 0.25) is 0 Å². The van der Waals surface area contributed by atoms with E-state index >= 15 is 0 Å². The molecule has 1 atom stereocenters. The Bertz CT molecular complexity index is 1330. The van der Waals surface area contributed by atoms with Crippen molar-refractivity contribution in [3.8, 4) is 0 Å². The maximum absolute atomic E-state index is 12.9. The van der Waals surface area contributed by atoms with Crippen LogP contribution in [0.5, 0.6) is 0 Å². The molecule has 0 amide bonds. The first-order valence-corrected chi connectivity index (χ1v) is 34.1. The van der Waals surface area contributed by atoms with Gasteiger partial charge in [-0.1, -0.05) is 313 Å². The Morgan fingerprint density at radius 1 is 0.260 bits per heavy atom. The van der Waals surface area contributed by atoms with E-state index < -0.39 is 6.10 Å². The van der Waals surface area contributed by atoms with Crippen molar-refractivity contribution < 1.29 is 28.6 Å². The standard InChI is InChI=1S/C71H130O6/c1-4-7-10-13-16-19-22-25-28-31-33-34-35-36-37-38-39-41-43-46-49-52-55-58-61-64-70(73)76-67-68(66-75-69(72)63-60-57-54-51-48-45-42-30-27-24-21-18-15-12-9-6-3)77-71(74)65-62-59-56-53-50-47-44-40-32-29-26-23-20-17-14-11-8-5-2/h20,22-23,25,29,31-33,68H,4-19,21,24,26-28,30,34-67H2,1-3H3/b23-20-,25-22-,32-29-,33-31-. The van der Waals surface area contributed by atoms with Crippen LogP contribution >= 0.6 is 0 Å². The maximum Gasteiger partial charge on any atom is 0.306 e. The lowest BCUT2D eigenvalue weighted by Crippen LogP contribution is -2.30. The van der Waals surface area contributed by atoms with Crippen molar-refractivity contribution >= 4 is 17.9 Å². The van der Waals surface area contributed by atoms with Crippen LogP contribution in [0.4, 0.5) is 0 Å². The summed E-state index contributed by atoms with van der Waals surface area (Å²) in [6, 6.07) is 0. The molecule has 0 aliphatic rings. The van der Waals surface area contributed by atoms with Crippen molar-refractivity contribution in [2.75, 3.05) is 13.2 Å². The summed E-state index contributed by atoms with van der Waals surface area (Å²) in [5.74, 6) is -0.856. The summed E-state index contributed by atoms with van der Waals surface area (Å²) in [6.07, 6.45) is 82.6. The normalized spacial score (nSPS) is 12.3. The minimum absolute atomic E-state index is 0.0721. The molecule has 0 N–H and O–H groups in total. The summed E-state index contributed by atoms with van der Waals surface area (Å²) in [7, 11) is 0. The van der Waals surface area contributed by atoms with Crippen LogP contribution in [-0.4, -0.2) is 37.2 Å². The van der Waals surface area contributed by atoms with Gasteiger partial charge in [-0.25, -0.2) is 0 Å². The number of carbonyl (C=O) groups is 3. The Morgan fingerprint density at radius 3 is 0.727 bits per heavy atom. The fourth-order valence-electron chi connectivity index (χ4n) is 10.2. The zero-order valence-electron chi connectivity index (χ0n) is 51.7. The summed E-state index contributed by atoms with van der Waals surface area (Å²) >= 11 is 0. The summed E-state index contributed by atoms with van der Waals surface area (Å²) in [4.78, 5) is 38.4. The molecule has 0 aromatic rings. The zero-order chi connectivity index (χ0) is 55.7. The highest BCUT2D eigenvalue weighted by atomic mass is 16.6. The number of hydrogen-bond donors (Lipinski definition) is 0. The van der Waals surface area contributed by atoms with Gasteiger partial charge in [0.15, 0.2) is 6.10 Å². The first kappa shape index (κ1) is 74.4. The van der Waals surface area contributed by atoms with Crippen molar-refractivity contribution in [3.05, 3.63) is 48.6 Å². The molecule has 77 heavy (non-hydrogen) atoms. The molecule has 0 aliphatic heterocycles. The van der Waals surface area contributed by atoms with Gasteiger partial charge in [-0.05, 0) is 83.5 Å². The minimum Gasteiger partial charge on any atom is -0.462 e. The third kappa shape index (κ3) is 64.1. The summed E-state index contributed by atoms with van der Waals surface area (Å²) in [5.41, 5.74) is 0. The summed E-state index contributed by atoms with van der Waals surface area (Å²) < 4.78 is 17.0. The van der Waals surface area contributed by atoms with Gasteiger partial charge in [-0.3, -0.25) is 14.4 Å². The van der Waals surface area contributed by atoms with Crippen LogP contribution < -0.4 is 0 Å². The van der Waals surface area contributed by atoms with Crippen LogP contribution in [0.3, 0.4) is 0 Å². The highest BCUT2D eigenvalue weighted by Crippen LogP contribution is 2.18. The maximum atomic E-state index is 12.9. The third-order valence-corrected chi connectivity index (χ3v) is 15.3. The first-order valence-electron chi connectivity index (χ1n) is 34.1. The second kappa shape index (κ2) is 65.9. The molecule has 0 heterocycles. The molecule has 0 aliphatic carbocycles. The molecule has 6 heteroatoms. The molecule has 450 valence electrons. The zero-order valence-corrected chi connectivity index (χ0v) is 51.7. The number of unbranched alkanes of at least 4 members (excludes halogenated alkanes) is 44. The lowest BCUT2D eigenvalue weighted by Gasteiger charge is -2.18. The number of hydrogen-bond acceptors (Lipinski definition) is 6. The lowest BCUT2D eigenvalue weighted by molar-refractivity contribution is -0.167. The van der Waals surface area contributed by atoms with E-state index in [-0.39, 0.29) is 31.1 Å². The van der Waals surface area contributed by atoms with Gasteiger partial charge in [0, 0.05) is 19.3 Å². The molecule has 0 aromatic carbocycles. The van der Waals surface area contributed by atoms with Gasteiger partial charge in [0.25, 0.3) is 0 Å². The first-order chi connectivity index (χ1) is 38.0. The van der Waals surface area contributed by atoms with E-state index in [4.69, 9.17) is 14.2 Å². The van der Waals surface area contributed by atoms with E-state index in [1.165, 1.54) is 250 Å². The second-order valence-corrected chi connectivity index (χ2v) is 23.1. The molecular formula is C71H130O6. The molecule has 0 saturated heterocycles. The van der Waals surface area contributed by atoms with Crippen LogP contribution in [0.1, 0.15) is 367 Å². The smallest absolute Gasteiger partial charge is 0.306 e. The van der Waals surface area contributed by atoms with Gasteiger partial charge in [-0.15, -0.1) is 0 Å². The Kier molecular flexibility index (Phi) is 63.6. The molecule has 6 nitrogen and oxygen atoms in total. The topological polar surface area (TPSA) is 78.9 Å². The fraction of sp³-hybridized carbons (Fsp3) is 0.845. The summed E-state index contributed by atoms with van der Waals surface area (Å²) in [6.45, 7) is 6.67. The van der Waals surface area contributed by atoms with Crippen LogP contribution in [0.2, 0.25) is 0 Å². The molecule has 0 saturated carbocycles.